The zero-order valence-electron chi connectivity index (χ0n) is 19.8. The van der Waals surface area contributed by atoms with Gasteiger partial charge in [-0.15, -0.1) is 0 Å². The van der Waals surface area contributed by atoms with Gasteiger partial charge >= 0.3 is 5.97 Å². The van der Waals surface area contributed by atoms with Gasteiger partial charge in [-0.1, -0.05) is 17.7 Å². The largest absolute Gasteiger partial charge is 0.493 e. The summed E-state index contributed by atoms with van der Waals surface area (Å²) in [7, 11) is 0. The Morgan fingerprint density at radius 1 is 1.06 bits per heavy atom. The standard InChI is InChI=1S/C22H24ClF2NO.C5H9NO2/c23-18-9-16(10-20(25)11-18)13-26-7-5-15(6-8-26)14-27-22-12-19(24)3-4-21(22)17-1-2-17;7-5(8)4-2-1-3-6-4/h3-4,9-12,15,17H,1-2,5-8,13-14H2;4,6H,1-3H2,(H,7,8)/t;4-/m.0/s1. The number of carbonyl (C=O) groups is 1. The highest BCUT2D eigenvalue weighted by atomic mass is 35.5. The van der Waals surface area contributed by atoms with Gasteiger partial charge in [0.05, 0.1) is 6.61 Å². The van der Waals surface area contributed by atoms with Gasteiger partial charge in [-0.25, -0.2) is 8.78 Å². The zero-order chi connectivity index (χ0) is 24.8. The molecule has 0 bridgehead atoms. The molecule has 0 amide bonds. The molecule has 1 saturated carbocycles. The summed E-state index contributed by atoms with van der Waals surface area (Å²) in [5.74, 6) is 0.477. The van der Waals surface area contributed by atoms with Crippen LogP contribution in [0.15, 0.2) is 36.4 Å². The van der Waals surface area contributed by atoms with E-state index in [1.807, 2.05) is 12.1 Å². The number of hydrogen-bond donors (Lipinski definition) is 2. The normalized spacial score (nSPS) is 20.8. The molecule has 8 heteroatoms. The first-order valence-electron chi connectivity index (χ1n) is 12.4. The molecule has 2 aromatic rings. The van der Waals surface area contributed by atoms with Crippen molar-refractivity contribution >= 4 is 17.6 Å². The first-order chi connectivity index (χ1) is 16.9. The molecule has 0 unspecified atom stereocenters. The Labute approximate surface area is 210 Å². The summed E-state index contributed by atoms with van der Waals surface area (Å²) in [6.45, 7) is 4.09. The fourth-order valence-corrected chi connectivity index (χ4v) is 4.98. The maximum atomic E-state index is 13.6. The van der Waals surface area contributed by atoms with E-state index in [0.717, 1.165) is 56.4 Å². The van der Waals surface area contributed by atoms with E-state index >= 15 is 0 Å². The number of carboxylic acids is 1. The monoisotopic (exact) mass is 506 g/mol. The van der Waals surface area contributed by atoms with Crippen LogP contribution in [0.2, 0.25) is 5.02 Å². The van der Waals surface area contributed by atoms with E-state index in [2.05, 4.69) is 10.2 Å². The molecule has 35 heavy (non-hydrogen) atoms. The van der Waals surface area contributed by atoms with Crippen LogP contribution in [0.5, 0.6) is 5.75 Å². The molecule has 190 valence electrons. The van der Waals surface area contributed by atoms with Crippen molar-refractivity contribution in [2.75, 3.05) is 26.2 Å². The lowest BCUT2D eigenvalue weighted by molar-refractivity contribution is -0.139. The lowest BCUT2D eigenvalue weighted by Gasteiger charge is -2.32. The van der Waals surface area contributed by atoms with Gasteiger partial charge in [-0.05, 0) is 105 Å². The van der Waals surface area contributed by atoms with E-state index in [4.69, 9.17) is 21.4 Å². The Bertz CT molecular complexity index is 984. The number of nitrogens with one attached hydrogen (secondary N) is 1. The van der Waals surface area contributed by atoms with E-state index in [9.17, 15) is 13.6 Å². The minimum absolute atomic E-state index is 0.238. The van der Waals surface area contributed by atoms with Crippen LogP contribution in [0.4, 0.5) is 8.78 Å². The average Bonchev–Trinajstić information content (AvgIpc) is 3.50. The van der Waals surface area contributed by atoms with E-state index in [0.29, 0.717) is 35.8 Å². The Morgan fingerprint density at radius 3 is 2.43 bits per heavy atom. The lowest BCUT2D eigenvalue weighted by Crippen LogP contribution is -2.35. The van der Waals surface area contributed by atoms with Gasteiger partial charge in [0.25, 0.3) is 0 Å². The van der Waals surface area contributed by atoms with E-state index in [1.165, 1.54) is 31.0 Å². The van der Waals surface area contributed by atoms with Crippen molar-refractivity contribution in [3.63, 3.8) is 0 Å². The minimum Gasteiger partial charge on any atom is -0.493 e. The van der Waals surface area contributed by atoms with Crippen molar-refractivity contribution in [1.82, 2.24) is 10.2 Å². The molecule has 1 aliphatic carbocycles. The number of nitrogens with zero attached hydrogens (tertiary/aromatic N) is 1. The van der Waals surface area contributed by atoms with Crippen LogP contribution in [-0.4, -0.2) is 48.3 Å². The maximum absolute atomic E-state index is 13.6. The van der Waals surface area contributed by atoms with Crippen LogP contribution >= 0.6 is 11.6 Å². The number of aliphatic carboxylic acids is 1. The van der Waals surface area contributed by atoms with Crippen LogP contribution in [0.1, 0.15) is 55.6 Å². The number of halogens is 3. The first-order valence-corrected chi connectivity index (χ1v) is 12.8. The first kappa shape index (κ1) is 25.9. The molecule has 1 atom stereocenters. The van der Waals surface area contributed by atoms with Crippen LogP contribution in [0.3, 0.4) is 0 Å². The summed E-state index contributed by atoms with van der Waals surface area (Å²) in [6.07, 6.45) is 6.18. The predicted octanol–water partition coefficient (Wildman–Crippen LogP) is 5.61. The van der Waals surface area contributed by atoms with Crippen LogP contribution in [0.25, 0.3) is 0 Å². The van der Waals surface area contributed by atoms with Gasteiger partial charge in [-0.2, -0.15) is 0 Å². The third-order valence-corrected chi connectivity index (χ3v) is 7.08. The lowest BCUT2D eigenvalue weighted by atomic mass is 9.97. The second-order valence-electron chi connectivity index (χ2n) is 9.75. The number of ether oxygens (including phenoxy) is 1. The van der Waals surface area contributed by atoms with Crippen LogP contribution < -0.4 is 10.1 Å². The molecule has 0 spiro atoms. The minimum atomic E-state index is -0.720. The summed E-state index contributed by atoms with van der Waals surface area (Å²) in [5.41, 5.74) is 2.06. The van der Waals surface area contributed by atoms with Crippen molar-refractivity contribution in [2.24, 2.45) is 5.92 Å². The molecule has 3 aliphatic rings. The highest BCUT2D eigenvalue weighted by Crippen LogP contribution is 2.44. The summed E-state index contributed by atoms with van der Waals surface area (Å²) >= 11 is 5.94. The van der Waals surface area contributed by atoms with Crippen molar-refractivity contribution < 1.29 is 23.4 Å². The predicted molar refractivity (Wildman–Crippen MR) is 132 cm³/mol. The topological polar surface area (TPSA) is 61.8 Å². The Morgan fingerprint density at radius 2 is 1.83 bits per heavy atom. The highest BCUT2D eigenvalue weighted by molar-refractivity contribution is 6.30. The van der Waals surface area contributed by atoms with Crippen molar-refractivity contribution in [3.8, 4) is 5.75 Å². The molecule has 2 N–H and O–H groups in total. The second-order valence-corrected chi connectivity index (χ2v) is 10.2. The highest BCUT2D eigenvalue weighted by Gasteiger charge is 2.28. The Hall–Kier alpha value is -2.22. The molecular weight excluding hydrogens is 474 g/mol. The number of carboxylic acid groups (broad SMARTS) is 1. The maximum Gasteiger partial charge on any atom is 0.320 e. The van der Waals surface area contributed by atoms with Gasteiger partial charge in [0, 0.05) is 17.6 Å². The molecule has 0 radical (unpaired) electrons. The van der Waals surface area contributed by atoms with Crippen LogP contribution in [0, 0.1) is 17.6 Å². The summed E-state index contributed by atoms with van der Waals surface area (Å²) in [5, 5.41) is 11.6. The molecule has 0 aromatic heterocycles. The van der Waals surface area contributed by atoms with E-state index in [1.54, 1.807) is 6.07 Å². The smallest absolute Gasteiger partial charge is 0.320 e. The summed E-state index contributed by atoms with van der Waals surface area (Å²) in [6, 6.07) is 9.35. The molecule has 2 heterocycles. The molecule has 5 rings (SSSR count). The quantitative estimate of drug-likeness (QED) is 0.511. The Balaban J connectivity index is 0.000000308. The average molecular weight is 507 g/mol. The van der Waals surface area contributed by atoms with E-state index < -0.39 is 5.97 Å². The van der Waals surface area contributed by atoms with Gasteiger partial charge in [0.15, 0.2) is 0 Å². The van der Waals surface area contributed by atoms with Gasteiger partial charge in [0.1, 0.15) is 23.4 Å². The van der Waals surface area contributed by atoms with Gasteiger partial charge < -0.3 is 15.2 Å². The van der Waals surface area contributed by atoms with E-state index in [-0.39, 0.29) is 17.7 Å². The fourth-order valence-electron chi connectivity index (χ4n) is 4.74. The molecule has 3 fully saturated rings. The molecule has 5 nitrogen and oxygen atoms in total. The van der Waals surface area contributed by atoms with Crippen molar-refractivity contribution in [2.45, 2.75) is 57.0 Å². The molecule has 2 aromatic carbocycles. The number of rotatable bonds is 7. The van der Waals surface area contributed by atoms with Crippen molar-refractivity contribution in [1.29, 1.82) is 0 Å². The third-order valence-electron chi connectivity index (χ3n) is 6.86. The Kier molecular flexibility index (Phi) is 8.98. The molecular formula is C27H33ClF2N2O3. The van der Waals surface area contributed by atoms with Crippen LogP contribution in [-0.2, 0) is 11.3 Å². The molecule has 2 aliphatic heterocycles. The van der Waals surface area contributed by atoms with Gasteiger partial charge in [0.2, 0.25) is 0 Å². The fraction of sp³-hybridized carbons (Fsp3) is 0.519. The zero-order valence-corrected chi connectivity index (χ0v) is 20.6. The van der Waals surface area contributed by atoms with Crippen molar-refractivity contribution in [3.05, 3.63) is 64.2 Å². The number of hydrogen-bond acceptors (Lipinski definition) is 4. The third kappa shape index (κ3) is 7.89. The summed E-state index contributed by atoms with van der Waals surface area (Å²) in [4.78, 5) is 12.5. The number of benzene rings is 2. The second kappa shape index (κ2) is 12.2. The van der Waals surface area contributed by atoms with Gasteiger partial charge in [-0.3, -0.25) is 9.69 Å². The number of piperidine rings is 1. The molecule has 2 saturated heterocycles. The SMILES string of the molecule is Fc1cc(Cl)cc(CN2CCC(COc3cc(F)ccc3C3CC3)CC2)c1.O=C(O)[C@@H]1CCCN1. The number of likely N-dealkylation sites (tertiary alicyclic amines) is 1. The summed E-state index contributed by atoms with van der Waals surface area (Å²) < 4.78 is 33.1.